The number of aromatic nitrogens is 2. The number of anilines is 1. The van der Waals surface area contributed by atoms with Gasteiger partial charge in [0.05, 0.1) is 6.61 Å². The van der Waals surface area contributed by atoms with Crippen LogP contribution in [0.3, 0.4) is 0 Å². The number of carbonyl (C=O) groups excluding carboxylic acids is 1. The van der Waals surface area contributed by atoms with Gasteiger partial charge in [-0.1, -0.05) is 23.5 Å². The van der Waals surface area contributed by atoms with Gasteiger partial charge >= 0.3 is 0 Å². The third kappa shape index (κ3) is 4.03. The van der Waals surface area contributed by atoms with E-state index in [1.165, 1.54) is 23.8 Å². The summed E-state index contributed by atoms with van der Waals surface area (Å²) in [4.78, 5) is 10.9. The van der Waals surface area contributed by atoms with Crippen LogP contribution in [-0.2, 0) is 11.2 Å². The molecule has 2 rings (SSSR count). The fraction of sp³-hybridized carbons (Fsp3) is 0.357. The Morgan fingerprint density at radius 3 is 2.90 bits per heavy atom. The van der Waals surface area contributed by atoms with Crippen LogP contribution >= 0.6 is 11.3 Å². The lowest BCUT2D eigenvalue weighted by Crippen LogP contribution is -2.04. The van der Waals surface area contributed by atoms with Crippen LogP contribution < -0.4 is 10.1 Å². The number of ether oxygens (including phenoxy) is 1. The molecule has 0 spiro atoms. The van der Waals surface area contributed by atoms with Crippen LogP contribution in [0.2, 0.25) is 0 Å². The standard InChI is InChI=1S/C14H17N3O2S/c1-9-4-5-10(2)12(8-9)19-7-6-13-16-17-14(20-13)15-11(3)18/h4-5,8H,6-7H2,1-3H3,(H,15,17,18). The predicted molar refractivity (Wildman–Crippen MR) is 79.3 cm³/mol. The molecule has 1 amide bonds. The Balaban J connectivity index is 1.88. The van der Waals surface area contributed by atoms with Crippen LogP contribution in [0, 0.1) is 13.8 Å². The molecule has 0 aliphatic heterocycles. The third-order valence-electron chi connectivity index (χ3n) is 2.67. The molecule has 0 saturated heterocycles. The molecule has 106 valence electrons. The number of rotatable bonds is 5. The topological polar surface area (TPSA) is 64.1 Å². The van der Waals surface area contributed by atoms with E-state index in [1.807, 2.05) is 26.0 Å². The van der Waals surface area contributed by atoms with Crippen molar-refractivity contribution in [2.75, 3.05) is 11.9 Å². The first-order chi connectivity index (χ1) is 9.54. The molecular formula is C14H17N3O2S. The SMILES string of the molecule is CC(=O)Nc1nnc(CCOc2cc(C)ccc2C)s1. The van der Waals surface area contributed by atoms with Crippen LogP contribution in [-0.4, -0.2) is 22.7 Å². The molecule has 2 aromatic rings. The van der Waals surface area contributed by atoms with E-state index in [0.29, 0.717) is 18.2 Å². The summed E-state index contributed by atoms with van der Waals surface area (Å²) in [5, 5.41) is 11.9. The molecule has 0 unspecified atom stereocenters. The number of hydrogen-bond acceptors (Lipinski definition) is 5. The van der Waals surface area contributed by atoms with Gasteiger partial charge in [0.2, 0.25) is 11.0 Å². The van der Waals surface area contributed by atoms with E-state index in [0.717, 1.165) is 16.3 Å². The van der Waals surface area contributed by atoms with E-state index in [2.05, 4.69) is 21.6 Å². The number of aryl methyl sites for hydroxylation is 2. The number of nitrogens with zero attached hydrogens (tertiary/aromatic N) is 2. The second-order valence-electron chi connectivity index (χ2n) is 4.55. The molecule has 20 heavy (non-hydrogen) atoms. The average Bonchev–Trinajstić information content (AvgIpc) is 2.80. The summed E-state index contributed by atoms with van der Waals surface area (Å²) >= 11 is 1.37. The number of amides is 1. The quantitative estimate of drug-likeness (QED) is 0.920. The normalized spacial score (nSPS) is 10.3. The smallest absolute Gasteiger partial charge is 0.223 e. The van der Waals surface area contributed by atoms with Gasteiger partial charge in [0.25, 0.3) is 0 Å². The third-order valence-corrected chi connectivity index (χ3v) is 3.57. The lowest BCUT2D eigenvalue weighted by Gasteiger charge is -2.08. The van der Waals surface area contributed by atoms with Crippen LogP contribution in [0.1, 0.15) is 23.1 Å². The Morgan fingerprint density at radius 2 is 2.15 bits per heavy atom. The van der Waals surface area contributed by atoms with E-state index in [4.69, 9.17) is 4.74 Å². The minimum atomic E-state index is -0.140. The maximum absolute atomic E-state index is 10.9. The molecule has 1 aromatic heterocycles. The first kappa shape index (κ1) is 14.5. The fourth-order valence-corrected chi connectivity index (χ4v) is 2.43. The Kier molecular flexibility index (Phi) is 4.68. The van der Waals surface area contributed by atoms with Crippen molar-refractivity contribution >= 4 is 22.4 Å². The van der Waals surface area contributed by atoms with Gasteiger partial charge in [-0.25, -0.2) is 0 Å². The molecule has 0 aliphatic rings. The number of carbonyl (C=O) groups is 1. The number of benzene rings is 1. The van der Waals surface area contributed by atoms with Crippen LogP contribution in [0.5, 0.6) is 5.75 Å². The average molecular weight is 291 g/mol. The molecule has 1 heterocycles. The summed E-state index contributed by atoms with van der Waals surface area (Å²) < 4.78 is 5.76. The summed E-state index contributed by atoms with van der Waals surface area (Å²) in [5.74, 6) is 0.760. The molecule has 1 N–H and O–H groups in total. The molecule has 5 nitrogen and oxygen atoms in total. The van der Waals surface area contributed by atoms with Gasteiger partial charge in [-0.3, -0.25) is 4.79 Å². The minimum Gasteiger partial charge on any atom is -0.493 e. The Bertz CT molecular complexity index is 610. The van der Waals surface area contributed by atoms with Crippen LogP contribution in [0.25, 0.3) is 0 Å². The van der Waals surface area contributed by atoms with Crippen molar-refractivity contribution in [3.8, 4) is 5.75 Å². The van der Waals surface area contributed by atoms with Gasteiger partial charge in [0.1, 0.15) is 10.8 Å². The number of nitrogens with one attached hydrogen (secondary N) is 1. The molecule has 6 heteroatoms. The lowest BCUT2D eigenvalue weighted by atomic mass is 10.1. The fourth-order valence-electron chi connectivity index (χ4n) is 1.67. The van der Waals surface area contributed by atoms with Crippen molar-refractivity contribution < 1.29 is 9.53 Å². The minimum absolute atomic E-state index is 0.140. The Hall–Kier alpha value is -1.95. The van der Waals surface area contributed by atoms with Crippen molar-refractivity contribution in [1.29, 1.82) is 0 Å². The Morgan fingerprint density at radius 1 is 1.35 bits per heavy atom. The number of hydrogen-bond donors (Lipinski definition) is 1. The molecule has 0 radical (unpaired) electrons. The van der Waals surface area contributed by atoms with Gasteiger partial charge in [0.15, 0.2) is 0 Å². The van der Waals surface area contributed by atoms with E-state index < -0.39 is 0 Å². The van der Waals surface area contributed by atoms with E-state index in [1.54, 1.807) is 0 Å². The van der Waals surface area contributed by atoms with E-state index >= 15 is 0 Å². The molecule has 0 saturated carbocycles. The van der Waals surface area contributed by atoms with Crippen molar-refractivity contribution in [3.63, 3.8) is 0 Å². The van der Waals surface area contributed by atoms with Crippen molar-refractivity contribution in [1.82, 2.24) is 10.2 Å². The molecule has 0 bridgehead atoms. The predicted octanol–water partition coefficient (Wildman–Crippen LogP) is 2.73. The lowest BCUT2D eigenvalue weighted by molar-refractivity contribution is -0.114. The van der Waals surface area contributed by atoms with Crippen molar-refractivity contribution in [2.24, 2.45) is 0 Å². The van der Waals surface area contributed by atoms with Crippen molar-refractivity contribution in [3.05, 3.63) is 34.3 Å². The highest BCUT2D eigenvalue weighted by Crippen LogP contribution is 2.20. The molecule has 1 aromatic carbocycles. The van der Waals surface area contributed by atoms with E-state index in [9.17, 15) is 4.79 Å². The maximum atomic E-state index is 10.9. The summed E-state index contributed by atoms with van der Waals surface area (Å²) in [6.45, 7) is 6.05. The van der Waals surface area contributed by atoms with Crippen LogP contribution in [0.15, 0.2) is 18.2 Å². The monoisotopic (exact) mass is 291 g/mol. The zero-order valence-electron chi connectivity index (χ0n) is 11.8. The molecule has 0 fully saturated rings. The molecule has 0 aliphatic carbocycles. The van der Waals surface area contributed by atoms with Gasteiger partial charge in [-0.05, 0) is 31.0 Å². The van der Waals surface area contributed by atoms with Gasteiger partial charge in [0, 0.05) is 13.3 Å². The second-order valence-corrected chi connectivity index (χ2v) is 5.61. The maximum Gasteiger partial charge on any atom is 0.223 e. The summed E-state index contributed by atoms with van der Waals surface area (Å²) in [7, 11) is 0. The first-order valence-corrected chi connectivity index (χ1v) is 7.16. The highest BCUT2D eigenvalue weighted by atomic mass is 32.1. The van der Waals surface area contributed by atoms with Crippen LogP contribution in [0.4, 0.5) is 5.13 Å². The zero-order chi connectivity index (χ0) is 14.5. The highest BCUT2D eigenvalue weighted by Gasteiger charge is 2.06. The van der Waals surface area contributed by atoms with Crippen molar-refractivity contribution in [2.45, 2.75) is 27.2 Å². The summed E-state index contributed by atoms with van der Waals surface area (Å²) in [5.41, 5.74) is 2.29. The molecular weight excluding hydrogens is 274 g/mol. The van der Waals surface area contributed by atoms with Gasteiger partial charge in [-0.15, -0.1) is 10.2 Å². The summed E-state index contributed by atoms with van der Waals surface area (Å²) in [6.07, 6.45) is 0.671. The van der Waals surface area contributed by atoms with Gasteiger partial charge in [-0.2, -0.15) is 0 Å². The first-order valence-electron chi connectivity index (χ1n) is 6.34. The van der Waals surface area contributed by atoms with E-state index in [-0.39, 0.29) is 5.91 Å². The molecule has 0 atom stereocenters. The highest BCUT2D eigenvalue weighted by molar-refractivity contribution is 7.15. The largest absolute Gasteiger partial charge is 0.493 e. The van der Waals surface area contributed by atoms with Gasteiger partial charge < -0.3 is 10.1 Å². The Labute approximate surface area is 122 Å². The summed E-state index contributed by atoms with van der Waals surface area (Å²) in [6, 6.07) is 6.13. The zero-order valence-corrected chi connectivity index (χ0v) is 12.6. The second kappa shape index (κ2) is 6.47.